The Morgan fingerprint density at radius 3 is 3.09 bits per heavy atom. The van der Waals surface area contributed by atoms with Crippen LogP contribution in [0.1, 0.15) is 24.6 Å². The van der Waals surface area contributed by atoms with Crippen molar-refractivity contribution in [3.8, 4) is 0 Å². The Kier molecular flexibility index (Phi) is 3.11. The van der Waals surface area contributed by atoms with Gasteiger partial charge in [-0.05, 0) is 6.42 Å². The van der Waals surface area contributed by atoms with E-state index in [9.17, 15) is 0 Å². The van der Waals surface area contributed by atoms with Crippen molar-refractivity contribution >= 4 is 0 Å². The molecule has 0 aromatic carbocycles. The van der Waals surface area contributed by atoms with Gasteiger partial charge >= 0.3 is 0 Å². The molecule has 0 fully saturated rings. The van der Waals surface area contributed by atoms with E-state index < -0.39 is 0 Å². The minimum atomic E-state index is 0.596. The summed E-state index contributed by atoms with van der Waals surface area (Å²) in [6, 6.07) is 0. The van der Waals surface area contributed by atoms with Gasteiger partial charge in [0.05, 0.1) is 12.3 Å². The fourth-order valence-electron chi connectivity index (χ4n) is 0.996. The molecular weight excluding hydrogens is 142 g/mol. The number of methoxy groups -OCH3 is 1. The van der Waals surface area contributed by atoms with Gasteiger partial charge in [-0.25, -0.2) is 0 Å². The number of rotatable bonds is 4. The summed E-state index contributed by atoms with van der Waals surface area (Å²) in [6.45, 7) is 2.71. The summed E-state index contributed by atoms with van der Waals surface area (Å²) in [7, 11) is 1.67. The average Bonchev–Trinajstić information content (AvgIpc) is 2.39. The number of hydrogen-bond acceptors (Lipinski definition) is 3. The minimum Gasteiger partial charge on any atom is -0.380 e. The maximum Gasteiger partial charge on any atom is 0.129 e. The van der Waals surface area contributed by atoms with Crippen molar-refractivity contribution < 1.29 is 9.26 Å². The van der Waals surface area contributed by atoms with Gasteiger partial charge in [0.15, 0.2) is 0 Å². The Bertz CT molecular complexity index is 187. The molecule has 0 radical (unpaired) electrons. The molecule has 0 aliphatic rings. The third kappa shape index (κ3) is 2.05. The lowest BCUT2D eigenvalue weighted by Crippen LogP contribution is -1.92. The summed E-state index contributed by atoms with van der Waals surface area (Å²) in [4.78, 5) is 0. The number of aryl methyl sites for hydroxylation is 1. The molecule has 0 N–H and O–H groups in total. The van der Waals surface area contributed by atoms with E-state index in [-0.39, 0.29) is 0 Å². The lowest BCUT2D eigenvalue weighted by molar-refractivity contribution is 0.183. The molecule has 0 bridgehead atoms. The molecule has 1 rings (SSSR count). The van der Waals surface area contributed by atoms with E-state index in [1.54, 1.807) is 13.4 Å². The van der Waals surface area contributed by atoms with Crippen LogP contribution < -0.4 is 0 Å². The summed E-state index contributed by atoms with van der Waals surface area (Å²) in [5.41, 5.74) is 2.09. The second-order valence-corrected chi connectivity index (χ2v) is 2.47. The van der Waals surface area contributed by atoms with Crippen LogP contribution >= 0.6 is 0 Å². The number of ether oxygens (including phenoxy) is 1. The molecular formula is C8H13NO2. The molecule has 1 heterocycles. The third-order valence-electron chi connectivity index (χ3n) is 1.52. The van der Waals surface area contributed by atoms with Gasteiger partial charge in [0.25, 0.3) is 0 Å². The van der Waals surface area contributed by atoms with Crippen molar-refractivity contribution in [2.75, 3.05) is 7.11 Å². The van der Waals surface area contributed by atoms with E-state index in [0.29, 0.717) is 6.61 Å². The molecule has 0 aliphatic heterocycles. The third-order valence-corrected chi connectivity index (χ3v) is 1.52. The highest BCUT2D eigenvalue weighted by Gasteiger charge is 2.04. The Labute approximate surface area is 66.3 Å². The van der Waals surface area contributed by atoms with Crippen molar-refractivity contribution in [1.29, 1.82) is 0 Å². The zero-order valence-corrected chi connectivity index (χ0v) is 6.96. The van der Waals surface area contributed by atoms with Gasteiger partial charge in [-0.15, -0.1) is 0 Å². The molecule has 3 heteroatoms. The molecule has 11 heavy (non-hydrogen) atoms. The molecule has 0 aliphatic carbocycles. The second-order valence-electron chi connectivity index (χ2n) is 2.47. The zero-order valence-electron chi connectivity index (χ0n) is 6.96. The fourth-order valence-corrected chi connectivity index (χ4v) is 0.996. The summed E-state index contributed by atoms with van der Waals surface area (Å²) in [6.07, 6.45) is 3.70. The van der Waals surface area contributed by atoms with Crippen LogP contribution in [-0.4, -0.2) is 12.3 Å². The monoisotopic (exact) mass is 155 g/mol. The smallest absolute Gasteiger partial charge is 0.129 e. The summed E-state index contributed by atoms with van der Waals surface area (Å²) < 4.78 is 9.79. The van der Waals surface area contributed by atoms with Gasteiger partial charge in [-0.1, -0.05) is 18.5 Å². The Balaban J connectivity index is 2.62. The first-order valence-corrected chi connectivity index (χ1v) is 3.79. The van der Waals surface area contributed by atoms with Crippen LogP contribution in [0.4, 0.5) is 0 Å². The lowest BCUT2D eigenvalue weighted by atomic mass is 10.2. The van der Waals surface area contributed by atoms with E-state index >= 15 is 0 Å². The average molecular weight is 155 g/mol. The highest BCUT2D eigenvalue weighted by molar-refractivity contribution is 5.13. The van der Waals surface area contributed by atoms with E-state index in [1.165, 1.54) is 0 Å². The first-order chi connectivity index (χ1) is 5.38. The van der Waals surface area contributed by atoms with Gasteiger partial charge in [0.2, 0.25) is 0 Å². The summed E-state index contributed by atoms with van der Waals surface area (Å²) >= 11 is 0. The Morgan fingerprint density at radius 1 is 1.64 bits per heavy atom. The van der Waals surface area contributed by atoms with Crippen molar-refractivity contribution in [2.45, 2.75) is 26.4 Å². The first-order valence-electron chi connectivity index (χ1n) is 3.79. The lowest BCUT2D eigenvalue weighted by Gasteiger charge is -1.95. The van der Waals surface area contributed by atoms with Gasteiger partial charge in [-0.3, -0.25) is 0 Å². The molecule has 0 saturated heterocycles. The zero-order chi connectivity index (χ0) is 8.10. The van der Waals surface area contributed by atoms with Gasteiger partial charge in [0, 0.05) is 12.7 Å². The molecule has 1 aromatic rings. The van der Waals surface area contributed by atoms with Crippen molar-refractivity contribution in [3.63, 3.8) is 0 Å². The van der Waals surface area contributed by atoms with E-state index in [2.05, 4.69) is 12.1 Å². The SMILES string of the molecule is CCCc1nocc1COC. The molecule has 0 atom stereocenters. The van der Waals surface area contributed by atoms with Crippen LogP contribution in [0.2, 0.25) is 0 Å². The first kappa shape index (κ1) is 8.27. The van der Waals surface area contributed by atoms with Crippen molar-refractivity contribution in [2.24, 2.45) is 0 Å². The summed E-state index contributed by atoms with van der Waals surface area (Å²) in [5, 5.41) is 3.87. The van der Waals surface area contributed by atoms with Crippen LogP contribution in [0.15, 0.2) is 10.8 Å². The highest BCUT2D eigenvalue weighted by Crippen LogP contribution is 2.09. The van der Waals surface area contributed by atoms with Gasteiger partial charge < -0.3 is 9.26 Å². The highest BCUT2D eigenvalue weighted by atomic mass is 16.5. The number of nitrogens with zero attached hydrogens (tertiary/aromatic N) is 1. The van der Waals surface area contributed by atoms with Crippen LogP contribution in [0.5, 0.6) is 0 Å². The predicted octanol–water partition coefficient (Wildman–Crippen LogP) is 1.77. The minimum absolute atomic E-state index is 0.596. The van der Waals surface area contributed by atoms with E-state index in [0.717, 1.165) is 24.1 Å². The Morgan fingerprint density at radius 2 is 2.45 bits per heavy atom. The predicted molar refractivity (Wildman–Crippen MR) is 41.2 cm³/mol. The summed E-state index contributed by atoms with van der Waals surface area (Å²) in [5.74, 6) is 0. The normalized spacial score (nSPS) is 10.4. The second kappa shape index (κ2) is 4.13. The van der Waals surface area contributed by atoms with Crippen molar-refractivity contribution in [1.82, 2.24) is 5.16 Å². The molecule has 62 valence electrons. The largest absolute Gasteiger partial charge is 0.380 e. The van der Waals surface area contributed by atoms with Gasteiger partial charge in [-0.2, -0.15) is 0 Å². The van der Waals surface area contributed by atoms with E-state index in [4.69, 9.17) is 9.26 Å². The van der Waals surface area contributed by atoms with Crippen LogP contribution in [0.25, 0.3) is 0 Å². The topological polar surface area (TPSA) is 35.3 Å². The van der Waals surface area contributed by atoms with Crippen LogP contribution in [0.3, 0.4) is 0 Å². The van der Waals surface area contributed by atoms with E-state index in [1.807, 2.05) is 0 Å². The maximum absolute atomic E-state index is 4.97. The molecule has 0 spiro atoms. The molecule has 1 aromatic heterocycles. The molecule has 3 nitrogen and oxygen atoms in total. The number of hydrogen-bond donors (Lipinski definition) is 0. The standard InChI is InChI=1S/C8H13NO2/c1-3-4-8-7(5-10-2)6-11-9-8/h6H,3-5H2,1-2H3. The fraction of sp³-hybridized carbons (Fsp3) is 0.625. The molecule has 0 saturated carbocycles. The van der Waals surface area contributed by atoms with Gasteiger partial charge in [0.1, 0.15) is 6.26 Å². The van der Waals surface area contributed by atoms with Crippen molar-refractivity contribution in [3.05, 3.63) is 17.5 Å². The van der Waals surface area contributed by atoms with Crippen LogP contribution in [0, 0.1) is 0 Å². The van der Waals surface area contributed by atoms with Crippen LogP contribution in [-0.2, 0) is 17.8 Å². The quantitative estimate of drug-likeness (QED) is 0.664. The molecule has 0 unspecified atom stereocenters. The Hall–Kier alpha value is -0.830. The number of aromatic nitrogens is 1. The molecule has 0 amide bonds. The maximum atomic E-state index is 4.97.